The average molecular weight is 381 g/mol. The summed E-state index contributed by atoms with van der Waals surface area (Å²) in [6, 6.07) is 1.65. The first-order valence-corrected chi connectivity index (χ1v) is 10.6. The van der Waals surface area contributed by atoms with Crippen LogP contribution in [0.5, 0.6) is 0 Å². The highest BCUT2D eigenvalue weighted by Crippen LogP contribution is 2.28. The standard InChI is InChI=1S/C21H27N5O2/c27-20-10-14-6-4-5-8-16(14)25-26(20)19-12-28-11-18(19)24-21-15-7-2-1-3-9-17(15)22-13-23-21/h10,13,18-19H,1-9,11-12H2,(H,22,23,24). The van der Waals surface area contributed by atoms with Gasteiger partial charge in [0.1, 0.15) is 18.2 Å². The minimum atomic E-state index is -0.115. The van der Waals surface area contributed by atoms with Gasteiger partial charge in [-0.3, -0.25) is 4.79 Å². The van der Waals surface area contributed by atoms with Crippen molar-refractivity contribution in [3.05, 3.63) is 45.3 Å². The van der Waals surface area contributed by atoms with Gasteiger partial charge in [0.05, 0.1) is 24.9 Å². The summed E-state index contributed by atoms with van der Waals surface area (Å²) in [5.74, 6) is 0.901. The number of nitrogens with one attached hydrogen (secondary N) is 1. The Bertz CT molecular complexity index is 925. The number of hydrogen-bond acceptors (Lipinski definition) is 6. The molecule has 2 unspecified atom stereocenters. The van der Waals surface area contributed by atoms with Crippen LogP contribution in [0.2, 0.25) is 0 Å². The fourth-order valence-corrected chi connectivity index (χ4v) is 4.73. The zero-order valence-corrected chi connectivity index (χ0v) is 16.2. The Kier molecular flexibility index (Phi) is 4.84. The maximum absolute atomic E-state index is 12.7. The van der Waals surface area contributed by atoms with Crippen molar-refractivity contribution in [3.8, 4) is 0 Å². The van der Waals surface area contributed by atoms with Crippen molar-refractivity contribution in [1.82, 2.24) is 19.7 Å². The first-order valence-electron chi connectivity index (χ1n) is 10.6. The van der Waals surface area contributed by atoms with E-state index in [4.69, 9.17) is 9.84 Å². The first kappa shape index (κ1) is 17.8. The van der Waals surface area contributed by atoms with E-state index in [2.05, 4.69) is 15.3 Å². The molecule has 0 bridgehead atoms. The summed E-state index contributed by atoms with van der Waals surface area (Å²) in [7, 11) is 0. The Morgan fingerprint density at radius 3 is 2.75 bits per heavy atom. The maximum Gasteiger partial charge on any atom is 0.267 e. The van der Waals surface area contributed by atoms with E-state index in [9.17, 15) is 4.79 Å². The lowest BCUT2D eigenvalue weighted by Crippen LogP contribution is -2.38. The van der Waals surface area contributed by atoms with Gasteiger partial charge < -0.3 is 10.1 Å². The summed E-state index contributed by atoms with van der Waals surface area (Å²) in [4.78, 5) is 21.8. The Balaban J connectivity index is 1.44. The van der Waals surface area contributed by atoms with Crippen molar-refractivity contribution in [3.63, 3.8) is 0 Å². The van der Waals surface area contributed by atoms with E-state index < -0.39 is 0 Å². The predicted octanol–water partition coefficient (Wildman–Crippen LogP) is 2.23. The molecule has 0 amide bonds. The van der Waals surface area contributed by atoms with Crippen molar-refractivity contribution in [2.75, 3.05) is 18.5 Å². The highest BCUT2D eigenvalue weighted by Gasteiger charge is 2.33. The normalized spacial score (nSPS) is 24.3. The van der Waals surface area contributed by atoms with Crippen LogP contribution in [0, 0.1) is 0 Å². The number of nitrogens with zero attached hydrogens (tertiary/aromatic N) is 4. The molecule has 0 spiro atoms. The van der Waals surface area contributed by atoms with E-state index in [0.29, 0.717) is 13.2 Å². The Morgan fingerprint density at radius 1 is 0.964 bits per heavy atom. The number of fused-ring (bicyclic) bond motifs is 2. The summed E-state index contributed by atoms with van der Waals surface area (Å²) in [6.07, 6.45) is 11.5. The van der Waals surface area contributed by atoms with Crippen LogP contribution in [0.3, 0.4) is 0 Å². The Labute approximate surface area is 164 Å². The van der Waals surface area contributed by atoms with E-state index in [1.165, 1.54) is 24.8 Å². The van der Waals surface area contributed by atoms with Gasteiger partial charge in [0, 0.05) is 17.3 Å². The van der Waals surface area contributed by atoms with Crippen molar-refractivity contribution < 1.29 is 4.74 Å². The summed E-state index contributed by atoms with van der Waals surface area (Å²) in [5, 5.41) is 8.32. The van der Waals surface area contributed by atoms with Crippen LogP contribution in [0.4, 0.5) is 5.82 Å². The van der Waals surface area contributed by atoms with Gasteiger partial charge in [0.15, 0.2) is 0 Å². The molecule has 1 N–H and O–H groups in total. The molecule has 0 radical (unpaired) electrons. The highest BCUT2D eigenvalue weighted by atomic mass is 16.5. The van der Waals surface area contributed by atoms with Crippen LogP contribution in [0.1, 0.15) is 60.7 Å². The molecular formula is C21H27N5O2. The molecule has 3 heterocycles. The number of rotatable bonds is 3. The van der Waals surface area contributed by atoms with Gasteiger partial charge in [-0.05, 0) is 56.9 Å². The van der Waals surface area contributed by atoms with Gasteiger partial charge in [-0.25, -0.2) is 14.6 Å². The molecule has 3 aliphatic rings. The molecule has 0 aromatic carbocycles. The lowest BCUT2D eigenvalue weighted by molar-refractivity contribution is 0.182. The van der Waals surface area contributed by atoms with E-state index in [-0.39, 0.29) is 17.6 Å². The van der Waals surface area contributed by atoms with E-state index >= 15 is 0 Å². The fourth-order valence-electron chi connectivity index (χ4n) is 4.73. The fraction of sp³-hybridized carbons (Fsp3) is 0.619. The third-order valence-electron chi connectivity index (χ3n) is 6.29. The molecule has 7 nitrogen and oxygen atoms in total. The molecule has 2 aromatic heterocycles. The number of aromatic nitrogens is 4. The summed E-state index contributed by atoms with van der Waals surface area (Å²) < 4.78 is 7.41. The second kappa shape index (κ2) is 7.62. The first-order chi connectivity index (χ1) is 13.8. The topological polar surface area (TPSA) is 81.9 Å². The molecule has 2 aromatic rings. The summed E-state index contributed by atoms with van der Waals surface area (Å²) >= 11 is 0. The third kappa shape index (κ3) is 3.32. The zero-order chi connectivity index (χ0) is 18.9. The van der Waals surface area contributed by atoms with Gasteiger partial charge in [0.2, 0.25) is 0 Å². The molecule has 1 fully saturated rings. The van der Waals surface area contributed by atoms with Crippen molar-refractivity contribution >= 4 is 5.82 Å². The minimum absolute atomic E-state index is 0.0194. The second-order valence-corrected chi connectivity index (χ2v) is 8.17. The minimum Gasteiger partial charge on any atom is -0.377 e. The molecule has 2 aliphatic carbocycles. The lowest BCUT2D eigenvalue weighted by Gasteiger charge is -2.24. The number of hydrogen-bond donors (Lipinski definition) is 1. The molecule has 148 valence electrons. The van der Waals surface area contributed by atoms with Crippen LogP contribution in [-0.2, 0) is 30.4 Å². The number of ether oxygens (including phenoxy) is 1. The van der Waals surface area contributed by atoms with Crippen LogP contribution >= 0.6 is 0 Å². The molecular weight excluding hydrogens is 354 g/mol. The van der Waals surface area contributed by atoms with Crippen LogP contribution in [0.25, 0.3) is 0 Å². The third-order valence-corrected chi connectivity index (χ3v) is 6.29. The van der Waals surface area contributed by atoms with Crippen LogP contribution in [-0.4, -0.2) is 39.0 Å². The molecule has 2 atom stereocenters. The number of aryl methyl sites for hydroxylation is 3. The molecule has 0 saturated carbocycles. The van der Waals surface area contributed by atoms with E-state index in [1.54, 1.807) is 17.1 Å². The molecule has 5 rings (SSSR count). The average Bonchev–Trinajstić information content (AvgIpc) is 3.02. The Morgan fingerprint density at radius 2 is 1.79 bits per heavy atom. The van der Waals surface area contributed by atoms with Crippen molar-refractivity contribution in [1.29, 1.82) is 0 Å². The largest absolute Gasteiger partial charge is 0.377 e. The maximum atomic E-state index is 12.7. The van der Waals surface area contributed by atoms with Gasteiger partial charge in [-0.1, -0.05) is 6.42 Å². The lowest BCUT2D eigenvalue weighted by atomic mass is 9.97. The van der Waals surface area contributed by atoms with Crippen LogP contribution < -0.4 is 10.9 Å². The predicted molar refractivity (Wildman–Crippen MR) is 106 cm³/mol. The molecule has 28 heavy (non-hydrogen) atoms. The van der Waals surface area contributed by atoms with E-state index in [0.717, 1.165) is 61.3 Å². The highest BCUT2D eigenvalue weighted by molar-refractivity contribution is 5.47. The van der Waals surface area contributed by atoms with Crippen molar-refractivity contribution in [2.24, 2.45) is 0 Å². The van der Waals surface area contributed by atoms with Crippen LogP contribution in [0.15, 0.2) is 17.2 Å². The molecule has 1 aliphatic heterocycles. The Hall–Kier alpha value is -2.28. The van der Waals surface area contributed by atoms with E-state index in [1.807, 2.05) is 0 Å². The van der Waals surface area contributed by atoms with Gasteiger partial charge >= 0.3 is 0 Å². The quantitative estimate of drug-likeness (QED) is 0.821. The molecule has 1 saturated heterocycles. The monoisotopic (exact) mass is 381 g/mol. The summed E-state index contributed by atoms with van der Waals surface area (Å²) in [6.45, 7) is 1.05. The summed E-state index contributed by atoms with van der Waals surface area (Å²) in [5.41, 5.74) is 4.57. The zero-order valence-electron chi connectivity index (χ0n) is 16.2. The van der Waals surface area contributed by atoms with Gasteiger partial charge in [-0.2, -0.15) is 5.10 Å². The van der Waals surface area contributed by atoms with Crippen molar-refractivity contribution in [2.45, 2.75) is 69.9 Å². The smallest absolute Gasteiger partial charge is 0.267 e. The SMILES string of the molecule is O=c1cc2c(nn1C1COCC1Nc1ncnc3c1CCCCC3)CCCC2. The van der Waals surface area contributed by atoms with Gasteiger partial charge in [-0.15, -0.1) is 0 Å². The molecule has 7 heteroatoms. The van der Waals surface area contributed by atoms with Gasteiger partial charge in [0.25, 0.3) is 5.56 Å². The number of anilines is 1. The second-order valence-electron chi connectivity index (χ2n) is 8.17.